The van der Waals surface area contributed by atoms with Crippen LogP contribution in [0.4, 0.5) is 0 Å². The van der Waals surface area contributed by atoms with Gasteiger partial charge >= 0.3 is 5.97 Å². The number of likely N-dealkylation sites (tertiary alicyclic amines) is 2. The number of piperidine rings is 1. The molecule has 0 aromatic rings. The predicted octanol–water partition coefficient (Wildman–Crippen LogP) is 2.33. The highest BCUT2D eigenvalue weighted by molar-refractivity contribution is 5.73. The first-order valence-electron chi connectivity index (χ1n) is 8.48. The van der Waals surface area contributed by atoms with Gasteiger partial charge < -0.3 is 10.0 Å². The van der Waals surface area contributed by atoms with Crippen LogP contribution >= 0.6 is 0 Å². The fourth-order valence-electron chi connectivity index (χ4n) is 4.52. The maximum Gasteiger partial charge on any atom is 0.320 e. The lowest BCUT2D eigenvalue weighted by molar-refractivity contribution is -0.143. The zero-order valence-corrected chi connectivity index (χ0v) is 12.5. The Balaban J connectivity index is 1.51. The number of carbonyl (C=O) groups is 1. The molecular formula is C16H28N2O2. The second-order valence-electron chi connectivity index (χ2n) is 6.79. The van der Waals surface area contributed by atoms with Crippen molar-refractivity contribution >= 4 is 5.97 Å². The molecule has 0 bridgehead atoms. The third-order valence-electron chi connectivity index (χ3n) is 5.64. The van der Waals surface area contributed by atoms with Crippen LogP contribution in [0.1, 0.15) is 57.8 Å². The molecule has 1 aliphatic carbocycles. The van der Waals surface area contributed by atoms with Gasteiger partial charge in [-0.1, -0.05) is 19.3 Å². The molecule has 0 aromatic heterocycles. The second kappa shape index (κ2) is 6.44. The number of nitrogens with zero attached hydrogens (tertiary/aromatic N) is 2. The summed E-state index contributed by atoms with van der Waals surface area (Å²) in [6.07, 6.45) is 11.2. The van der Waals surface area contributed by atoms with Gasteiger partial charge in [0, 0.05) is 12.1 Å². The first-order valence-corrected chi connectivity index (χ1v) is 8.48. The van der Waals surface area contributed by atoms with Crippen LogP contribution in [0.25, 0.3) is 0 Å². The number of hydrogen-bond acceptors (Lipinski definition) is 3. The smallest absolute Gasteiger partial charge is 0.320 e. The third kappa shape index (κ3) is 3.01. The van der Waals surface area contributed by atoms with Crippen LogP contribution < -0.4 is 0 Å². The van der Waals surface area contributed by atoms with Gasteiger partial charge in [-0.3, -0.25) is 9.69 Å². The fraction of sp³-hybridized carbons (Fsp3) is 0.938. The molecule has 1 unspecified atom stereocenters. The van der Waals surface area contributed by atoms with E-state index in [2.05, 4.69) is 9.80 Å². The zero-order valence-electron chi connectivity index (χ0n) is 12.5. The number of rotatable bonds is 3. The summed E-state index contributed by atoms with van der Waals surface area (Å²) in [5.74, 6) is -0.614. The Morgan fingerprint density at radius 3 is 2.15 bits per heavy atom. The number of carboxylic acids is 1. The Morgan fingerprint density at radius 2 is 1.50 bits per heavy atom. The molecule has 0 radical (unpaired) electrons. The summed E-state index contributed by atoms with van der Waals surface area (Å²) in [5.41, 5.74) is 0. The van der Waals surface area contributed by atoms with Crippen molar-refractivity contribution in [1.82, 2.24) is 9.80 Å². The largest absolute Gasteiger partial charge is 0.480 e. The van der Waals surface area contributed by atoms with Crippen LogP contribution in [-0.4, -0.2) is 58.6 Å². The van der Waals surface area contributed by atoms with E-state index < -0.39 is 5.97 Å². The number of carboxylic acid groups (broad SMARTS) is 1. The molecule has 2 saturated heterocycles. The van der Waals surface area contributed by atoms with Gasteiger partial charge in [-0.25, -0.2) is 0 Å². The summed E-state index contributed by atoms with van der Waals surface area (Å²) < 4.78 is 0. The highest BCUT2D eigenvalue weighted by Gasteiger charge is 2.37. The molecule has 20 heavy (non-hydrogen) atoms. The highest BCUT2D eigenvalue weighted by Crippen LogP contribution is 2.29. The van der Waals surface area contributed by atoms with E-state index in [0.29, 0.717) is 6.04 Å². The monoisotopic (exact) mass is 280 g/mol. The van der Waals surface area contributed by atoms with E-state index in [9.17, 15) is 9.90 Å². The summed E-state index contributed by atoms with van der Waals surface area (Å²) in [5, 5.41) is 9.32. The van der Waals surface area contributed by atoms with Crippen LogP contribution in [-0.2, 0) is 4.79 Å². The Bertz CT molecular complexity index is 333. The van der Waals surface area contributed by atoms with E-state index in [1.54, 1.807) is 0 Å². The molecule has 0 aromatic carbocycles. The molecule has 3 rings (SSSR count). The Labute approximate surface area is 122 Å². The SMILES string of the molecule is O=C(O)C1CCCN1C1CCN(C2CCCCC2)CC1. The topological polar surface area (TPSA) is 43.8 Å². The predicted molar refractivity (Wildman–Crippen MR) is 78.8 cm³/mol. The van der Waals surface area contributed by atoms with Crippen molar-refractivity contribution < 1.29 is 9.90 Å². The van der Waals surface area contributed by atoms with Crippen molar-refractivity contribution in [3.63, 3.8) is 0 Å². The summed E-state index contributed by atoms with van der Waals surface area (Å²) >= 11 is 0. The Kier molecular flexibility index (Phi) is 4.61. The van der Waals surface area contributed by atoms with Crippen LogP contribution in [0.5, 0.6) is 0 Å². The minimum atomic E-state index is -0.614. The van der Waals surface area contributed by atoms with E-state index in [0.717, 1.165) is 25.4 Å². The van der Waals surface area contributed by atoms with Crippen molar-refractivity contribution in [2.75, 3.05) is 19.6 Å². The lowest BCUT2D eigenvalue weighted by atomic mass is 9.91. The molecule has 2 aliphatic heterocycles. The van der Waals surface area contributed by atoms with Gasteiger partial charge in [0.05, 0.1) is 0 Å². The maximum atomic E-state index is 11.3. The molecule has 4 nitrogen and oxygen atoms in total. The standard InChI is InChI=1S/C16H28N2O2/c19-16(20)15-7-4-10-18(15)14-8-11-17(12-9-14)13-5-2-1-3-6-13/h13-15H,1-12H2,(H,19,20). The Hall–Kier alpha value is -0.610. The van der Waals surface area contributed by atoms with Crippen molar-refractivity contribution in [3.8, 4) is 0 Å². The molecule has 4 heteroatoms. The average molecular weight is 280 g/mol. The maximum absolute atomic E-state index is 11.3. The summed E-state index contributed by atoms with van der Waals surface area (Å²) in [6.45, 7) is 3.35. The van der Waals surface area contributed by atoms with E-state index in [-0.39, 0.29) is 6.04 Å². The minimum absolute atomic E-state index is 0.207. The number of aliphatic carboxylic acids is 1. The molecule has 1 atom stereocenters. The molecule has 0 spiro atoms. The van der Waals surface area contributed by atoms with Crippen LogP contribution in [0.2, 0.25) is 0 Å². The first-order chi connectivity index (χ1) is 9.75. The van der Waals surface area contributed by atoms with E-state index in [1.807, 2.05) is 0 Å². The molecule has 2 heterocycles. The zero-order chi connectivity index (χ0) is 13.9. The lowest BCUT2D eigenvalue weighted by Gasteiger charge is -2.42. The summed E-state index contributed by atoms with van der Waals surface area (Å²) in [7, 11) is 0. The molecule has 1 saturated carbocycles. The molecule has 0 amide bonds. The molecular weight excluding hydrogens is 252 g/mol. The van der Waals surface area contributed by atoms with E-state index in [1.165, 1.54) is 58.0 Å². The molecule has 3 fully saturated rings. The van der Waals surface area contributed by atoms with Gasteiger partial charge in [0.1, 0.15) is 6.04 Å². The van der Waals surface area contributed by atoms with E-state index in [4.69, 9.17) is 0 Å². The molecule has 3 aliphatic rings. The number of hydrogen-bond donors (Lipinski definition) is 1. The van der Waals surface area contributed by atoms with Crippen LogP contribution in [0.15, 0.2) is 0 Å². The lowest BCUT2D eigenvalue weighted by Crippen LogP contribution is -2.51. The van der Waals surface area contributed by atoms with Crippen molar-refractivity contribution in [1.29, 1.82) is 0 Å². The van der Waals surface area contributed by atoms with Crippen molar-refractivity contribution in [2.24, 2.45) is 0 Å². The van der Waals surface area contributed by atoms with Crippen LogP contribution in [0, 0.1) is 0 Å². The van der Waals surface area contributed by atoms with Gasteiger partial charge in [-0.05, 0) is 58.2 Å². The van der Waals surface area contributed by atoms with Gasteiger partial charge in [-0.15, -0.1) is 0 Å². The quantitative estimate of drug-likeness (QED) is 0.862. The van der Waals surface area contributed by atoms with E-state index >= 15 is 0 Å². The van der Waals surface area contributed by atoms with Gasteiger partial charge in [0.2, 0.25) is 0 Å². The Morgan fingerprint density at radius 1 is 0.800 bits per heavy atom. The second-order valence-corrected chi connectivity index (χ2v) is 6.79. The minimum Gasteiger partial charge on any atom is -0.480 e. The average Bonchev–Trinajstić information content (AvgIpc) is 2.98. The highest BCUT2D eigenvalue weighted by atomic mass is 16.4. The van der Waals surface area contributed by atoms with Crippen molar-refractivity contribution in [3.05, 3.63) is 0 Å². The van der Waals surface area contributed by atoms with Gasteiger partial charge in [-0.2, -0.15) is 0 Å². The molecule has 1 N–H and O–H groups in total. The first kappa shape index (κ1) is 14.3. The third-order valence-corrected chi connectivity index (χ3v) is 5.64. The molecule has 114 valence electrons. The fourth-order valence-corrected chi connectivity index (χ4v) is 4.52. The van der Waals surface area contributed by atoms with Gasteiger partial charge in [0.25, 0.3) is 0 Å². The van der Waals surface area contributed by atoms with Crippen molar-refractivity contribution in [2.45, 2.75) is 75.9 Å². The van der Waals surface area contributed by atoms with Gasteiger partial charge in [0.15, 0.2) is 0 Å². The normalized spacial score (nSPS) is 31.7. The summed E-state index contributed by atoms with van der Waals surface area (Å²) in [6, 6.07) is 1.12. The summed E-state index contributed by atoms with van der Waals surface area (Å²) in [4.78, 5) is 16.3. The van der Waals surface area contributed by atoms with Crippen LogP contribution in [0.3, 0.4) is 0 Å².